The first-order valence-electron chi connectivity index (χ1n) is 9.62. The Morgan fingerprint density at radius 1 is 0.759 bits per heavy atom. The van der Waals surface area contributed by atoms with Crippen LogP contribution in [-0.4, -0.2) is 23.3 Å². The van der Waals surface area contributed by atoms with Crippen LogP contribution in [0.4, 0.5) is 5.69 Å². The van der Waals surface area contributed by atoms with E-state index >= 15 is 0 Å². The number of amides is 1. The fraction of sp³-hybridized carbons (Fsp3) is 0.375. The van der Waals surface area contributed by atoms with E-state index in [0.29, 0.717) is 28.8 Å². The van der Waals surface area contributed by atoms with E-state index in [1.165, 1.54) is 0 Å². The Morgan fingerprint density at radius 3 is 1.72 bits per heavy atom. The number of benzene rings is 2. The summed E-state index contributed by atoms with van der Waals surface area (Å²) in [5, 5.41) is 2.79. The van der Waals surface area contributed by atoms with Crippen LogP contribution in [0.1, 0.15) is 79.0 Å². The van der Waals surface area contributed by atoms with Gasteiger partial charge in [0.25, 0.3) is 5.91 Å². The number of rotatable bonds is 5. The molecule has 0 aliphatic rings. The van der Waals surface area contributed by atoms with E-state index in [4.69, 9.17) is 4.74 Å². The van der Waals surface area contributed by atoms with Gasteiger partial charge in [0.15, 0.2) is 5.78 Å². The Labute approximate surface area is 172 Å². The molecule has 2 rings (SSSR count). The largest absolute Gasteiger partial charge is 0.456 e. The highest BCUT2D eigenvalue weighted by Crippen LogP contribution is 2.22. The highest BCUT2D eigenvalue weighted by Gasteiger charge is 2.19. The van der Waals surface area contributed by atoms with Crippen LogP contribution in [0.2, 0.25) is 0 Å². The lowest BCUT2D eigenvalue weighted by Crippen LogP contribution is -2.24. The SMILES string of the molecule is CC(C)(C)CC(=O)c1ccc(NC(=O)c2ccc(C(=O)OC(C)(C)C)cc2)cc1. The van der Waals surface area contributed by atoms with E-state index in [1.54, 1.807) is 69.3 Å². The van der Waals surface area contributed by atoms with Gasteiger partial charge in [0, 0.05) is 23.2 Å². The molecule has 2 aromatic carbocycles. The molecule has 1 amide bonds. The number of nitrogens with one attached hydrogen (secondary N) is 1. The Balaban J connectivity index is 2.01. The molecule has 1 N–H and O–H groups in total. The topological polar surface area (TPSA) is 72.5 Å². The molecular weight excluding hydrogens is 366 g/mol. The van der Waals surface area contributed by atoms with Crippen molar-refractivity contribution >= 4 is 23.3 Å². The molecule has 0 aromatic heterocycles. The first-order chi connectivity index (χ1) is 13.3. The van der Waals surface area contributed by atoms with Crippen molar-refractivity contribution in [3.63, 3.8) is 0 Å². The molecule has 5 heteroatoms. The van der Waals surface area contributed by atoms with Crippen LogP contribution in [0.15, 0.2) is 48.5 Å². The molecule has 0 radical (unpaired) electrons. The third kappa shape index (κ3) is 7.18. The maximum Gasteiger partial charge on any atom is 0.338 e. The molecule has 0 fully saturated rings. The number of ketones is 1. The zero-order chi connectivity index (χ0) is 21.8. The van der Waals surface area contributed by atoms with Gasteiger partial charge in [-0.25, -0.2) is 4.79 Å². The van der Waals surface area contributed by atoms with Gasteiger partial charge in [-0.1, -0.05) is 20.8 Å². The normalized spacial score (nSPS) is 11.7. The van der Waals surface area contributed by atoms with Gasteiger partial charge in [-0.15, -0.1) is 0 Å². The smallest absolute Gasteiger partial charge is 0.338 e. The summed E-state index contributed by atoms with van der Waals surface area (Å²) in [6, 6.07) is 13.1. The average Bonchev–Trinajstić information content (AvgIpc) is 2.59. The number of Topliss-reactive ketones (excluding diaryl/α,β-unsaturated/α-hetero) is 1. The Hall–Kier alpha value is -2.95. The minimum atomic E-state index is -0.576. The second-order valence-electron chi connectivity index (χ2n) is 9.27. The van der Waals surface area contributed by atoms with Crippen molar-refractivity contribution in [2.45, 2.75) is 53.6 Å². The first-order valence-corrected chi connectivity index (χ1v) is 9.62. The van der Waals surface area contributed by atoms with Crippen LogP contribution in [0.3, 0.4) is 0 Å². The van der Waals surface area contributed by atoms with Crippen LogP contribution in [0, 0.1) is 5.41 Å². The number of esters is 1. The predicted octanol–water partition coefficient (Wildman–Crippen LogP) is 5.51. The number of hydrogen-bond acceptors (Lipinski definition) is 4. The quantitative estimate of drug-likeness (QED) is 0.535. The maximum atomic E-state index is 12.4. The second kappa shape index (κ2) is 8.60. The summed E-state index contributed by atoms with van der Waals surface area (Å²) in [4.78, 5) is 36.8. The van der Waals surface area contributed by atoms with E-state index in [9.17, 15) is 14.4 Å². The highest BCUT2D eigenvalue weighted by molar-refractivity contribution is 6.05. The molecule has 0 aliphatic carbocycles. The van der Waals surface area contributed by atoms with Crippen molar-refractivity contribution in [2.75, 3.05) is 5.32 Å². The summed E-state index contributed by atoms with van der Waals surface area (Å²) >= 11 is 0. The lowest BCUT2D eigenvalue weighted by atomic mass is 9.88. The zero-order valence-corrected chi connectivity index (χ0v) is 18.0. The Morgan fingerprint density at radius 2 is 1.24 bits per heavy atom. The number of carbonyl (C=O) groups is 3. The average molecular weight is 395 g/mol. The van der Waals surface area contributed by atoms with E-state index in [1.807, 2.05) is 20.8 Å². The van der Waals surface area contributed by atoms with Crippen molar-refractivity contribution in [3.8, 4) is 0 Å². The van der Waals surface area contributed by atoms with Crippen LogP contribution >= 0.6 is 0 Å². The fourth-order valence-corrected chi connectivity index (χ4v) is 2.62. The molecule has 29 heavy (non-hydrogen) atoms. The summed E-state index contributed by atoms with van der Waals surface area (Å²) < 4.78 is 5.31. The van der Waals surface area contributed by atoms with Crippen LogP contribution in [-0.2, 0) is 4.74 Å². The van der Waals surface area contributed by atoms with Crippen molar-refractivity contribution in [2.24, 2.45) is 5.41 Å². The number of hydrogen-bond donors (Lipinski definition) is 1. The van der Waals surface area contributed by atoms with Gasteiger partial charge in [-0.2, -0.15) is 0 Å². The first kappa shape index (κ1) is 22.3. The third-order valence-corrected chi connectivity index (χ3v) is 3.94. The highest BCUT2D eigenvalue weighted by atomic mass is 16.6. The van der Waals surface area contributed by atoms with Crippen LogP contribution in [0.5, 0.6) is 0 Å². The van der Waals surface area contributed by atoms with Crippen molar-refractivity contribution in [3.05, 3.63) is 65.2 Å². The van der Waals surface area contributed by atoms with Gasteiger partial charge in [-0.05, 0) is 74.7 Å². The molecule has 0 heterocycles. The second-order valence-corrected chi connectivity index (χ2v) is 9.27. The summed E-state index contributed by atoms with van der Waals surface area (Å²) in [7, 11) is 0. The molecular formula is C24H29NO4. The van der Waals surface area contributed by atoms with E-state index < -0.39 is 11.6 Å². The van der Waals surface area contributed by atoms with Gasteiger partial charge in [0.1, 0.15) is 5.60 Å². The molecule has 0 saturated carbocycles. The standard InChI is InChI=1S/C24H29NO4/c1-23(2,3)15-20(26)16-11-13-19(14-12-16)25-21(27)17-7-9-18(10-8-17)22(28)29-24(4,5)6/h7-14H,15H2,1-6H3,(H,25,27). The third-order valence-electron chi connectivity index (χ3n) is 3.94. The zero-order valence-electron chi connectivity index (χ0n) is 18.0. The Kier molecular flexibility index (Phi) is 6.62. The molecule has 0 bridgehead atoms. The monoisotopic (exact) mass is 395 g/mol. The van der Waals surface area contributed by atoms with E-state index in [0.717, 1.165) is 0 Å². The maximum absolute atomic E-state index is 12.4. The lowest BCUT2D eigenvalue weighted by molar-refractivity contribution is 0.00692. The molecule has 0 spiro atoms. The van der Waals surface area contributed by atoms with E-state index in [2.05, 4.69) is 5.32 Å². The fourth-order valence-electron chi connectivity index (χ4n) is 2.62. The molecule has 154 valence electrons. The van der Waals surface area contributed by atoms with Crippen molar-refractivity contribution in [1.29, 1.82) is 0 Å². The van der Waals surface area contributed by atoms with Crippen molar-refractivity contribution < 1.29 is 19.1 Å². The minimum absolute atomic E-state index is 0.0740. The summed E-state index contributed by atoms with van der Waals surface area (Å²) in [6.07, 6.45) is 0.461. The summed E-state index contributed by atoms with van der Waals surface area (Å²) in [5.74, 6) is -0.650. The number of anilines is 1. The summed E-state index contributed by atoms with van der Waals surface area (Å²) in [6.45, 7) is 11.5. The summed E-state index contributed by atoms with van der Waals surface area (Å²) in [5.41, 5.74) is 1.38. The molecule has 0 unspecified atom stereocenters. The Bertz CT molecular complexity index is 882. The number of ether oxygens (including phenoxy) is 1. The van der Waals surface area contributed by atoms with Crippen LogP contribution < -0.4 is 5.32 Å². The molecule has 0 aliphatic heterocycles. The molecule has 5 nitrogen and oxygen atoms in total. The predicted molar refractivity (Wildman–Crippen MR) is 114 cm³/mol. The molecule has 0 saturated heterocycles. The van der Waals surface area contributed by atoms with Gasteiger partial charge < -0.3 is 10.1 Å². The molecule has 0 atom stereocenters. The van der Waals surface area contributed by atoms with Crippen molar-refractivity contribution in [1.82, 2.24) is 0 Å². The van der Waals surface area contributed by atoms with Gasteiger partial charge in [-0.3, -0.25) is 9.59 Å². The molecule has 2 aromatic rings. The number of carbonyl (C=O) groups excluding carboxylic acids is 3. The van der Waals surface area contributed by atoms with E-state index in [-0.39, 0.29) is 17.1 Å². The van der Waals surface area contributed by atoms with Gasteiger partial charge in [0.05, 0.1) is 5.56 Å². The minimum Gasteiger partial charge on any atom is -0.456 e. The van der Waals surface area contributed by atoms with Crippen LogP contribution in [0.25, 0.3) is 0 Å². The van der Waals surface area contributed by atoms with Gasteiger partial charge >= 0.3 is 5.97 Å². The lowest BCUT2D eigenvalue weighted by Gasteiger charge is -2.19. The van der Waals surface area contributed by atoms with Gasteiger partial charge in [0.2, 0.25) is 0 Å².